The van der Waals surface area contributed by atoms with E-state index in [1.807, 2.05) is 0 Å². The quantitative estimate of drug-likeness (QED) is 0.923. The van der Waals surface area contributed by atoms with E-state index in [0.29, 0.717) is 5.95 Å². The van der Waals surface area contributed by atoms with Gasteiger partial charge in [-0.15, -0.1) is 11.3 Å². The van der Waals surface area contributed by atoms with Crippen molar-refractivity contribution in [2.45, 2.75) is 19.1 Å². The smallest absolute Gasteiger partial charge is 0.223 e. The van der Waals surface area contributed by atoms with Crippen LogP contribution in [-0.2, 0) is 9.47 Å². The van der Waals surface area contributed by atoms with Crippen molar-refractivity contribution in [1.29, 1.82) is 0 Å². The Morgan fingerprint density at radius 1 is 1.25 bits per heavy atom. The topological polar surface area (TPSA) is 73.5 Å². The molecule has 2 unspecified atom stereocenters. The highest BCUT2D eigenvalue weighted by atomic mass is 32.1. The Hall–Kier alpha value is -1.44. The lowest BCUT2D eigenvalue weighted by atomic mass is 10.3. The molecule has 0 bridgehead atoms. The zero-order valence-corrected chi connectivity index (χ0v) is 12.6. The number of aromatic nitrogens is 2. The van der Waals surface area contributed by atoms with Crippen LogP contribution in [0.25, 0.3) is 10.2 Å². The van der Waals surface area contributed by atoms with E-state index in [2.05, 4.69) is 27.9 Å². The first-order chi connectivity index (χ1) is 9.62. The summed E-state index contributed by atoms with van der Waals surface area (Å²) in [6, 6.07) is 2.11. The van der Waals surface area contributed by atoms with Gasteiger partial charge in [0.15, 0.2) is 0 Å². The largest absolute Gasteiger partial charge is 0.377 e. The summed E-state index contributed by atoms with van der Waals surface area (Å²) in [5, 5.41) is 1.05. The number of anilines is 2. The van der Waals surface area contributed by atoms with Gasteiger partial charge in [-0.25, -0.2) is 4.98 Å². The van der Waals surface area contributed by atoms with Crippen molar-refractivity contribution in [2.24, 2.45) is 0 Å². The molecule has 0 amide bonds. The molecule has 1 saturated heterocycles. The maximum atomic E-state index is 5.83. The Labute approximate surface area is 121 Å². The molecular weight excluding hydrogens is 276 g/mol. The van der Waals surface area contributed by atoms with Crippen LogP contribution in [0.5, 0.6) is 0 Å². The van der Waals surface area contributed by atoms with Crippen molar-refractivity contribution < 1.29 is 9.47 Å². The van der Waals surface area contributed by atoms with Gasteiger partial charge < -0.3 is 20.1 Å². The third kappa shape index (κ3) is 2.21. The Morgan fingerprint density at radius 2 is 1.90 bits per heavy atom. The van der Waals surface area contributed by atoms with Gasteiger partial charge in [0.1, 0.15) is 22.9 Å². The highest BCUT2D eigenvalue weighted by molar-refractivity contribution is 7.18. The number of hydrogen-bond acceptors (Lipinski definition) is 7. The van der Waals surface area contributed by atoms with E-state index in [1.165, 1.54) is 4.88 Å². The maximum absolute atomic E-state index is 5.83. The Bertz CT molecular complexity index is 618. The molecule has 0 radical (unpaired) electrons. The SMILES string of the molecule is COC1CN(c2nc(N)nc3sc(C)cc23)CC1OC. The number of aryl methyl sites for hydroxylation is 1. The van der Waals surface area contributed by atoms with Crippen molar-refractivity contribution in [3.05, 3.63) is 10.9 Å². The van der Waals surface area contributed by atoms with Gasteiger partial charge >= 0.3 is 0 Å². The van der Waals surface area contributed by atoms with Crippen LogP contribution in [0, 0.1) is 6.92 Å². The highest BCUT2D eigenvalue weighted by Crippen LogP contribution is 2.33. The molecule has 1 aliphatic rings. The van der Waals surface area contributed by atoms with Gasteiger partial charge in [-0.3, -0.25) is 0 Å². The molecule has 7 heteroatoms. The number of fused-ring (bicyclic) bond motifs is 1. The molecule has 20 heavy (non-hydrogen) atoms. The average Bonchev–Trinajstić information content (AvgIpc) is 2.99. The number of hydrogen-bond donors (Lipinski definition) is 1. The van der Waals surface area contributed by atoms with E-state index >= 15 is 0 Å². The van der Waals surface area contributed by atoms with E-state index in [0.717, 1.165) is 29.1 Å². The number of thiophene rings is 1. The summed E-state index contributed by atoms with van der Waals surface area (Å²) in [6.07, 6.45) is 0.0944. The average molecular weight is 294 g/mol. The third-order valence-corrected chi connectivity index (χ3v) is 4.58. The summed E-state index contributed by atoms with van der Waals surface area (Å²) < 4.78 is 11.0. The third-order valence-electron chi connectivity index (χ3n) is 3.63. The van der Waals surface area contributed by atoms with Gasteiger partial charge in [0.05, 0.1) is 5.39 Å². The highest BCUT2D eigenvalue weighted by Gasteiger charge is 2.34. The fraction of sp³-hybridized carbons (Fsp3) is 0.538. The molecule has 108 valence electrons. The summed E-state index contributed by atoms with van der Waals surface area (Å²) in [5.41, 5.74) is 5.83. The van der Waals surface area contributed by atoms with Crippen LogP contribution in [0.4, 0.5) is 11.8 Å². The second kappa shape index (κ2) is 5.16. The van der Waals surface area contributed by atoms with E-state index in [-0.39, 0.29) is 12.2 Å². The van der Waals surface area contributed by atoms with Crippen molar-refractivity contribution in [3.63, 3.8) is 0 Å². The minimum atomic E-state index is 0.0472. The van der Waals surface area contributed by atoms with Gasteiger partial charge in [0.25, 0.3) is 0 Å². The van der Waals surface area contributed by atoms with Crippen molar-refractivity contribution in [1.82, 2.24) is 9.97 Å². The van der Waals surface area contributed by atoms with Crippen LogP contribution in [0.3, 0.4) is 0 Å². The molecule has 0 spiro atoms. The lowest BCUT2D eigenvalue weighted by molar-refractivity contribution is -0.00461. The first-order valence-electron chi connectivity index (χ1n) is 6.46. The zero-order chi connectivity index (χ0) is 14.3. The van der Waals surface area contributed by atoms with Crippen LogP contribution in [0.1, 0.15) is 4.88 Å². The minimum Gasteiger partial charge on any atom is -0.377 e. The molecule has 2 aromatic heterocycles. The lowest BCUT2D eigenvalue weighted by Gasteiger charge is -2.17. The summed E-state index contributed by atoms with van der Waals surface area (Å²) >= 11 is 1.63. The Kier molecular flexibility index (Phi) is 3.49. The van der Waals surface area contributed by atoms with E-state index in [4.69, 9.17) is 15.2 Å². The van der Waals surface area contributed by atoms with Crippen LogP contribution in [-0.4, -0.2) is 49.5 Å². The molecule has 0 aromatic carbocycles. The molecule has 6 nitrogen and oxygen atoms in total. The summed E-state index contributed by atoms with van der Waals surface area (Å²) in [7, 11) is 3.41. The molecule has 3 heterocycles. The number of methoxy groups -OCH3 is 2. The van der Waals surface area contributed by atoms with Gasteiger partial charge in [-0.1, -0.05) is 0 Å². The fourth-order valence-electron chi connectivity index (χ4n) is 2.65. The van der Waals surface area contributed by atoms with E-state index < -0.39 is 0 Å². The molecule has 2 N–H and O–H groups in total. The molecule has 0 aliphatic carbocycles. The van der Waals surface area contributed by atoms with Crippen LogP contribution in [0.15, 0.2) is 6.07 Å². The summed E-state index contributed by atoms with van der Waals surface area (Å²) in [4.78, 5) is 13.0. The van der Waals surface area contributed by atoms with Crippen LogP contribution >= 0.6 is 11.3 Å². The molecular formula is C13H18N4O2S. The maximum Gasteiger partial charge on any atom is 0.223 e. The molecule has 1 fully saturated rings. The van der Waals surface area contributed by atoms with Gasteiger partial charge in [0, 0.05) is 32.2 Å². The summed E-state index contributed by atoms with van der Waals surface area (Å²) in [5.74, 6) is 1.18. The van der Waals surface area contributed by atoms with Gasteiger partial charge in [-0.2, -0.15) is 4.98 Å². The molecule has 2 atom stereocenters. The van der Waals surface area contributed by atoms with Crippen LogP contribution < -0.4 is 10.6 Å². The van der Waals surface area contributed by atoms with E-state index in [1.54, 1.807) is 25.6 Å². The van der Waals surface area contributed by atoms with Gasteiger partial charge in [0.2, 0.25) is 5.95 Å². The second-order valence-corrected chi connectivity index (χ2v) is 6.17. The Morgan fingerprint density at radius 3 is 2.50 bits per heavy atom. The summed E-state index contributed by atoms with van der Waals surface area (Å²) in [6.45, 7) is 3.55. The molecule has 0 saturated carbocycles. The Balaban J connectivity index is 2.02. The first kappa shape index (κ1) is 13.5. The van der Waals surface area contributed by atoms with Crippen molar-refractivity contribution in [2.75, 3.05) is 37.9 Å². The van der Waals surface area contributed by atoms with Crippen LogP contribution in [0.2, 0.25) is 0 Å². The van der Waals surface area contributed by atoms with Gasteiger partial charge in [-0.05, 0) is 13.0 Å². The molecule has 1 aliphatic heterocycles. The number of rotatable bonds is 3. The number of nitrogens with two attached hydrogens (primary N) is 1. The second-order valence-electron chi connectivity index (χ2n) is 4.93. The lowest BCUT2D eigenvalue weighted by Crippen LogP contribution is -2.27. The predicted octanol–water partition coefficient (Wildman–Crippen LogP) is 1.43. The number of ether oxygens (including phenoxy) is 2. The monoisotopic (exact) mass is 294 g/mol. The first-order valence-corrected chi connectivity index (χ1v) is 7.28. The fourth-order valence-corrected chi connectivity index (χ4v) is 3.53. The number of nitrogens with zero attached hydrogens (tertiary/aromatic N) is 3. The van der Waals surface area contributed by atoms with Crippen molar-refractivity contribution >= 4 is 33.3 Å². The minimum absolute atomic E-state index is 0.0472. The predicted molar refractivity (Wildman–Crippen MR) is 80.4 cm³/mol. The molecule has 3 rings (SSSR count). The zero-order valence-electron chi connectivity index (χ0n) is 11.8. The molecule has 2 aromatic rings. The van der Waals surface area contributed by atoms with Crippen molar-refractivity contribution in [3.8, 4) is 0 Å². The number of nitrogen functional groups attached to an aromatic ring is 1. The van der Waals surface area contributed by atoms with E-state index in [9.17, 15) is 0 Å². The standard InChI is InChI=1S/C13H18N4O2S/c1-7-4-8-11(15-13(14)16-12(8)20-7)17-5-9(18-2)10(6-17)19-3/h4,9-10H,5-6H2,1-3H3,(H2,14,15,16). The normalized spacial score (nSPS) is 22.9.